The molecular weight excluding hydrogens is 1210 g/mol. The van der Waals surface area contributed by atoms with Gasteiger partial charge in [0.25, 0.3) is 0 Å². The van der Waals surface area contributed by atoms with Crippen LogP contribution in [0, 0.1) is 0 Å². The van der Waals surface area contributed by atoms with Crippen LogP contribution in [-0.2, 0) is 0 Å². The number of furan rings is 2. The summed E-state index contributed by atoms with van der Waals surface area (Å²) < 4.78 is 19.1. The van der Waals surface area contributed by atoms with Crippen molar-refractivity contribution < 1.29 is 18.5 Å². The van der Waals surface area contributed by atoms with E-state index in [1.165, 1.54) is 82.6 Å². The van der Waals surface area contributed by atoms with E-state index in [1.807, 2.05) is 84.9 Å². The predicted octanol–water partition coefficient (Wildman–Crippen LogP) is 24.8. The molecule has 0 bridgehead atoms. The molecule has 0 aliphatic rings. The summed E-state index contributed by atoms with van der Waals surface area (Å²) in [6.45, 7) is 0. The SMILES string of the molecule is Brc1cccc(-c2cccc3c2oc2ccccc23)c1.O[B]Oc1c2ccccc2c(-c2ccccc2-c2ccccc2)c2ccccc12.c1ccc(-c2ccccc2-c2c3ccccc3c(-c3cccc(-c4cccc5c4oc4ccccc45)c3)c3ccccc23)cc1. The molecular formula is C88H57BBrO4. The number of hydrogen-bond acceptors (Lipinski definition) is 4. The summed E-state index contributed by atoms with van der Waals surface area (Å²) in [6.07, 6.45) is 0. The quantitative estimate of drug-likeness (QED) is 0.116. The molecule has 4 nitrogen and oxygen atoms in total. The fourth-order valence-corrected chi connectivity index (χ4v) is 14.3. The van der Waals surface area contributed by atoms with Crippen LogP contribution in [0.2, 0.25) is 0 Å². The van der Waals surface area contributed by atoms with Gasteiger partial charge in [-0.2, -0.15) is 0 Å². The zero-order valence-electron chi connectivity index (χ0n) is 51.0. The second-order valence-corrected chi connectivity index (χ2v) is 24.3. The van der Waals surface area contributed by atoms with E-state index in [0.29, 0.717) is 5.75 Å². The van der Waals surface area contributed by atoms with Gasteiger partial charge >= 0.3 is 7.69 Å². The first-order valence-electron chi connectivity index (χ1n) is 31.5. The lowest BCUT2D eigenvalue weighted by Gasteiger charge is -2.20. The Bertz CT molecular complexity index is 5740. The summed E-state index contributed by atoms with van der Waals surface area (Å²) >= 11 is 3.53. The van der Waals surface area contributed by atoms with Crippen molar-refractivity contribution in [1.29, 1.82) is 0 Å². The van der Waals surface area contributed by atoms with Crippen molar-refractivity contribution in [3.8, 4) is 83.6 Å². The average Bonchev–Trinajstić information content (AvgIpc) is 1.07. The number of benzene rings is 16. The Hall–Kier alpha value is -11.5. The van der Waals surface area contributed by atoms with Gasteiger partial charge in [0.05, 0.1) is 0 Å². The standard InChI is InChI=1S/C44H28O.C26H18BO2.C18H11BrO/c1-2-14-29(15-3-1)32-18-4-5-20-35(32)43-38-23-8-6-21-36(38)42(37-22-7-9-24-39(37)43)31-17-12-16-30(28-31)33-25-13-26-40-34-19-10-11-27-41(34)45-44(33)40;28-27-29-26-23-16-8-6-14-21(23)25(22-15-7-9-17-24(22)26)20-13-5-4-12-19(20)18-10-2-1-3-11-18;19-13-6-3-5-12(11-13)14-8-4-9-16-15-7-1-2-10-17(15)20-18(14)16/h1-28H;1-17,28H;1-11H. The molecule has 94 heavy (non-hydrogen) atoms. The third-order valence-corrected chi connectivity index (χ3v) is 18.4. The highest BCUT2D eigenvalue weighted by Gasteiger charge is 2.22. The Morgan fingerprint density at radius 1 is 0.245 bits per heavy atom. The normalized spacial score (nSPS) is 11.3. The Kier molecular flexibility index (Phi) is 15.5. The summed E-state index contributed by atoms with van der Waals surface area (Å²) in [4.78, 5) is 0. The van der Waals surface area contributed by atoms with Crippen molar-refractivity contribution in [2.75, 3.05) is 0 Å². The van der Waals surface area contributed by atoms with Crippen molar-refractivity contribution >= 4 is 111 Å². The first-order valence-corrected chi connectivity index (χ1v) is 32.3. The lowest BCUT2D eigenvalue weighted by Crippen LogP contribution is -2.02. The highest BCUT2D eigenvalue weighted by molar-refractivity contribution is 9.10. The van der Waals surface area contributed by atoms with Crippen LogP contribution in [-0.4, -0.2) is 12.7 Å². The van der Waals surface area contributed by atoms with Crippen LogP contribution in [0.4, 0.5) is 0 Å². The van der Waals surface area contributed by atoms with Gasteiger partial charge in [0.2, 0.25) is 0 Å². The van der Waals surface area contributed by atoms with Gasteiger partial charge in [-0.05, 0) is 129 Å². The van der Waals surface area contributed by atoms with Crippen LogP contribution in [0.5, 0.6) is 5.75 Å². The molecule has 1 radical (unpaired) electrons. The molecule has 0 fully saturated rings. The van der Waals surface area contributed by atoms with Crippen LogP contribution in [0.25, 0.3) is 165 Å². The molecule has 443 valence electrons. The maximum Gasteiger partial charge on any atom is 0.569 e. The molecule has 0 aliphatic heterocycles. The lowest BCUT2D eigenvalue weighted by molar-refractivity contribution is 0.459. The smallest absolute Gasteiger partial charge is 0.537 e. The molecule has 18 rings (SSSR count). The Balaban J connectivity index is 0.000000122. The van der Waals surface area contributed by atoms with Gasteiger partial charge in [-0.15, -0.1) is 0 Å². The molecule has 0 spiro atoms. The molecule has 0 aliphatic carbocycles. The summed E-state index contributed by atoms with van der Waals surface area (Å²) in [5.74, 6) is 0.666. The number of rotatable bonds is 9. The molecule has 0 unspecified atom stereocenters. The molecule has 2 heterocycles. The van der Waals surface area contributed by atoms with Gasteiger partial charge in [0.15, 0.2) is 0 Å². The van der Waals surface area contributed by atoms with Crippen LogP contribution in [0.3, 0.4) is 0 Å². The number of fused-ring (bicyclic) bond motifs is 10. The highest BCUT2D eigenvalue weighted by atomic mass is 79.9. The summed E-state index contributed by atoms with van der Waals surface area (Å²) in [5.41, 5.74) is 20.4. The maximum absolute atomic E-state index is 9.37. The number of halogens is 1. The summed E-state index contributed by atoms with van der Waals surface area (Å²) in [5, 5.41) is 23.1. The first kappa shape index (κ1) is 57.6. The summed E-state index contributed by atoms with van der Waals surface area (Å²) in [7, 11) is 0.756. The molecule has 0 atom stereocenters. The van der Waals surface area contributed by atoms with Crippen LogP contribution in [0.15, 0.2) is 353 Å². The number of hydrogen-bond donors (Lipinski definition) is 1. The average molecular weight is 1270 g/mol. The molecule has 0 saturated carbocycles. The van der Waals surface area contributed by atoms with E-state index in [-0.39, 0.29) is 0 Å². The second kappa shape index (κ2) is 25.3. The molecule has 0 saturated heterocycles. The van der Waals surface area contributed by atoms with E-state index in [1.54, 1.807) is 0 Å². The van der Waals surface area contributed by atoms with Crippen molar-refractivity contribution in [1.82, 2.24) is 0 Å². The van der Waals surface area contributed by atoms with E-state index < -0.39 is 0 Å². The van der Waals surface area contributed by atoms with Gasteiger partial charge in [-0.1, -0.05) is 325 Å². The third kappa shape index (κ3) is 10.5. The fraction of sp³-hybridized carbons (Fsp3) is 0. The predicted molar refractivity (Wildman–Crippen MR) is 398 cm³/mol. The molecule has 18 aromatic rings. The highest BCUT2D eigenvalue weighted by Crippen LogP contribution is 2.49. The van der Waals surface area contributed by atoms with Gasteiger partial charge in [-0.3, -0.25) is 0 Å². The van der Waals surface area contributed by atoms with E-state index in [2.05, 4.69) is 271 Å². The zero-order valence-corrected chi connectivity index (χ0v) is 52.5. The second-order valence-electron chi connectivity index (χ2n) is 23.3. The van der Waals surface area contributed by atoms with Crippen LogP contribution in [0.1, 0.15) is 0 Å². The molecule has 16 aromatic carbocycles. The minimum absolute atomic E-state index is 0.666. The van der Waals surface area contributed by atoms with E-state index >= 15 is 0 Å². The minimum Gasteiger partial charge on any atom is -0.537 e. The largest absolute Gasteiger partial charge is 0.569 e. The summed E-state index contributed by atoms with van der Waals surface area (Å²) in [6, 6.07) is 119. The maximum atomic E-state index is 9.37. The molecule has 0 amide bonds. The van der Waals surface area contributed by atoms with Crippen LogP contribution >= 0.6 is 15.9 Å². The monoisotopic (exact) mass is 1270 g/mol. The Labute approximate surface area is 553 Å². The third-order valence-electron chi connectivity index (χ3n) is 18.0. The van der Waals surface area contributed by atoms with Crippen molar-refractivity contribution in [2.45, 2.75) is 0 Å². The molecule has 6 heteroatoms. The lowest BCUT2D eigenvalue weighted by atomic mass is 9.83. The van der Waals surface area contributed by atoms with E-state index in [4.69, 9.17) is 13.5 Å². The zero-order chi connectivity index (χ0) is 62.9. The Morgan fingerprint density at radius 3 is 1.00 bits per heavy atom. The van der Waals surface area contributed by atoms with E-state index in [9.17, 15) is 5.02 Å². The van der Waals surface area contributed by atoms with Gasteiger partial charge in [0.1, 0.15) is 28.1 Å². The minimum atomic E-state index is 0.666. The van der Waals surface area contributed by atoms with Gasteiger partial charge in [0, 0.05) is 47.9 Å². The first-order chi connectivity index (χ1) is 46.6. The Morgan fingerprint density at radius 2 is 0.553 bits per heavy atom. The van der Waals surface area contributed by atoms with Crippen molar-refractivity contribution in [3.63, 3.8) is 0 Å². The van der Waals surface area contributed by atoms with Gasteiger partial charge in [-0.25, -0.2) is 0 Å². The van der Waals surface area contributed by atoms with Gasteiger partial charge < -0.3 is 18.5 Å². The molecule has 2 aromatic heterocycles. The molecule has 1 N–H and O–H groups in total. The van der Waals surface area contributed by atoms with E-state index in [0.717, 1.165) is 94.4 Å². The van der Waals surface area contributed by atoms with Crippen LogP contribution < -0.4 is 4.65 Å². The number of para-hydroxylation sites is 4. The fourth-order valence-electron chi connectivity index (χ4n) is 13.9. The van der Waals surface area contributed by atoms with Crippen molar-refractivity contribution in [3.05, 3.63) is 344 Å². The van der Waals surface area contributed by atoms with Crippen molar-refractivity contribution in [2.24, 2.45) is 0 Å². The topological polar surface area (TPSA) is 55.7 Å².